The van der Waals surface area contributed by atoms with E-state index < -0.39 is 12.4 Å². The van der Waals surface area contributed by atoms with Gasteiger partial charge in [0.2, 0.25) is 0 Å². The Morgan fingerprint density at radius 2 is 1.75 bits per heavy atom. The smallest absolute Gasteiger partial charge is 0.494 e. The lowest BCUT2D eigenvalue weighted by atomic mass is 9.79. The molecular formula is C15H15BF3O-. The summed E-state index contributed by atoms with van der Waals surface area (Å²) in [5.41, 5.74) is -0.572. The first-order chi connectivity index (χ1) is 9.50. The van der Waals surface area contributed by atoms with Crippen molar-refractivity contribution < 1.29 is 17.7 Å². The Kier molecular flexibility index (Phi) is 4.37. The number of allylic oxidation sites excluding steroid dienone is 1. The minimum atomic E-state index is -4.95. The lowest BCUT2D eigenvalue weighted by Gasteiger charge is -2.15. The lowest BCUT2D eigenvalue weighted by Crippen LogP contribution is -2.33. The SMILES string of the molecule is C=CCCCOc1ccc2cc([B-](F)(F)F)ccc2c1. The molecule has 0 N–H and O–H groups in total. The standard InChI is InChI=1S/C15H15BF3O/c1-2-3-4-9-20-15-8-6-12-10-14(16(17,18)19)7-5-13(12)11-15/h2,5-8,10-11H,1,3-4,9H2/q-1. The van der Waals surface area contributed by atoms with Gasteiger partial charge in [-0.1, -0.05) is 30.3 Å². The first-order valence-electron chi connectivity index (χ1n) is 6.48. The van der Waals surface area contributed by atoms with Crippen LogP contribution in [-0.4, -0.2) is 13.6 Å². The predicted octanol–water partition coefficient (Wildman–Crippen LogP) is 4.24. The zero-order chi connectivity index (χ0) is 14.6. The van der Waals surface area contributed by atoms with Gasteiger partial charge in [0.05, 0.1) is 6.61 Å². The number of halogens is 3. The van der Waals surface area contributed by atoms with Crippen LogP contribution < -0.4 is 10.2 Å². The largest absolute Gasteiger partial charge is 0.509 e. The molecule has 0 aliphatic heterocycles. The molecule has 0 unspecified atom stereocenters. The van der Waals surface area contributed by atoms with Crippen molar-refractivity contribution in [2.24, 2.45) is 0 Å². The Morgan fingerprint density at radius 1 is 1.05 bits per heavy atom. The van der Waals surface area contributed by atoms with Crippen LogP contribution in [0.1, 0.15) is 12.8 Å². The first kappa shape index (κ1) is 14.5. The van der Waals surface area contributed by atoms with Gasteiger partial charge in [-0.3, -0.25) is 0 Å². The number of ether oxygens (including phenoxy) is 1. The van der Waals surface area contributed by atoms with Crippen molar-refractivity contribution in [3.63, 3.8) is 0 Å². The van der Waals surface area contributed by atoms with Crippen molar-refractivity contribution in [3.8, 4) is 5.75 Å². The van der Waals surface area contributed by atoms with Gasteiger partial charge in [0.15, 0.2) is 0 Å². The van der Waals surface area contributed by atoms with E-state index in [1.807, 2.05) is 6.08 Å². The molecule has 1 nitrogen and oxygen atoms in total. The molecule has 0 aromatic heterocycles. The van der Waals surface area contributed by atoms with Crippen molar-refractivity contribution in [2.75, 3.05) is 6.61 Å². The highest BCUT2D eigenvalue weighted by Crippen LogP contribution is 2.22. The summed E-state index contributed by atoms with van der Waals surface area (Å²) in [7, 11) is 0. The van der Waals surface area contributed by atoms with Gasteiger partial charge in [0.1, 0.15) is 5.75 Å². The van der Waals surface area contributed by atoms with Crippen molar-refractivity contribution in [2.45, 2.75) is 12.8 Å². The molecule has 2 aromatic carbocycles. The molecule has 2 aromatic rings. The van der Waals surface area contributed by atoms with E-state index in [1.54, 1.807) is 18.2 Å². The van der Waals surface area contributed by atoms with E-state index in [1.165, 1.54) is 12.1 Å². The van der Waals surface area contributed by atoms with Crippen molar-refractivity contribution in [1.29, 1.82) is 0 Å². The maximum atomic E-state index is 12.7. The Hall–Kier alpha value is -1.91. The van der Waals surface area contributed by atoms with E-state index in [9.17, 15) is 12.9 Å². The Morgan fingerprint density at radius 3 is 2.45 bits per heavy atom. The highest BCUT2D eigenvalue weighted by molar-refractivity contribution is 6.73. The second-order valence-electron chi connectivity index (χ2n) is 4.62. The van der Waals surface area contributed by atoms with Gasteiger partial charge >= 0.3 is 6.98 Å². The molecule has 0 spiro atoms. The lowest BCUT2D eigenvalue weighted by molar-refractivity contribution is 0.312. The third-order valence-corrected chi connectivity index (χ3v) is 3.04. The second-order valence-corrected chi connectivity index (χ2v) is 4.62. The van der Waals surface area contributed by atoms with Gasteiger partial charge < -0.3 is 17.7 Å². The third-order valence-electron chi connectivity index (χ3n) is 3.04. The number of hydrogen-bond acceptors (Lipinski definition) is 1. The van der Waals surface area contributed by atoms with Crippen LogP contribution in [0, 0.1) is 0 Å². The van der Waals surface area contributed by atoms with E-state index in [2.05, 4.69) is 6.58 Å². The Bertz CT molecular complexity index is 608. The van der Waals surface area contributed by atoms with Gasteiger partial charge in [-0.15, -0.1) is 12.0 Å². The van der Waals surface area contributed by atoms with Crippen LogP contribution in [0.25, 0.3) is 10.8 Å². The van der Waals surface area contributed by atoms with Crippen LogP contribution in [-0.2, 0) is 0 Å². The van der Waals surface area contributed by atoms with Crippen LogP contribution in [0.3, 0.4) is 0 Å². The quantitative estimate of drug-likeness (QED) is 0.436. The third kappa shape index (κ3) is 3.56. The summed E-state index contributed by atoms with van der Waals surface area (Å²) in [6, 6.07) is 8.89. The average Bonchev–Trinajstić information content (AvgIpc) is 2.42. The number of hydrogen-bond donors (Lipinski definition) is 0. The molecule has 0 bridgehead atoms. The molecule has 0 amide bonds. The zero-order valence-corrected chi connectivity index (χ0v) is 11.0. The van der Waals surface area contributed by atoms with Crippen LogP contribution in [0.5, 0.6) is 5.75 Å². The summed E-state index contributed by atoms with van der Waals surface area (Å²) in [5.74, 6) is 0.673. The molecule has 0 fully saturated rings. The van der Waals surface area contributed by atoms with Gasteiger partial charge in [0, 0.05) is 0 Å². The number of benzene rings is 2. The summed E-state index contributed by atoms with van der Waals surface area (Å²) < 4.78 is 43.5. The fourth-order valence-electron chi connectivity index (χ4n) is 1.95. The molecule has 20 heavy (non-hydrogen) atoms. The monoisotopic (exact) mass is 279 g/mol. The van der Waals surface area contributed by atoms with Crippen molar-refractivity contribution in [1.82, 2.24) is 0 Å². The Labute approximate surface area is 116 Å². The van der Waals surface area contributed by atoms with Crippen LogP contribution >= 0.6 is 0 Å². The van der Waals surface area contributed by atoms with Gasteiger partial charge in [-0.05, 0) is 35.7 Å². The average molecular weight is 279 g/mol. The zero-order valence-electron chi connectivity index (χ0n) is 11.0. The van der Waals surface area contributed by atoms with Crippen molar-refractivity contribution >= 4 is 23.2 Å². The topological polar surface area (TPSA) is 9.23 Å². The summed E-state index contributed by atoms with van der Waals surface area (Å²) in [4.78, 5) is 0. The van der Waals surface area contributed by atoms with Crippen LogP contribution in [0.2, 0.25) is 0 Å². The number of fused-ring (bicyclic) bond motifs is 1. The minimum absolute atomic E-state index is 0.570. The number of rotatable bonds is 6. The first-order valence-corrected chi connectivity index (χ1v) is 6.48. The predicted molar refractivity (Wildman–Crippen MR) is 77.6 cm³/mol. The molecule has 0 saturated carbocycles. The van der Waals surface area contributed by atoms with Gasteiger partial charge in [-0.25, -0.2) is 0 Å². The fraction of sp³-hybridized carbons (Fsp3) is 0.200. The molecule has 0 aliphatic carbocycles. The summed E-state index contributed by atoms with van der Waals surface area (Å²) in [6.07, 6.45) is 3.58. The molecule has 106 valence electrons. The van der Waals surface area contributed by atoms with Crippen LogP contribution in [0.4, 0.5) is 12.9 Å². The molecule has 2 rings (SSSR count). The molecule has 0 saturated heterocycles. The summed E-state index contributed by atoms with van der Waals surface area (Å²) >= 11 is 0. The maximum Gasteiger partial charge on any atom is 0.509 e. The summed E-state index contributed by atoms with van der Waals surface area (Å²) in [6.45, 7) is -0.753. The molecule has 0 aliphatic rings. The van der Waals surface area contributed by atoms with E-state index in [4.69, 9.17) is 4.74 Å². The molecule has 0 atom stereocenters. The van der Waals surface area contributed by atoms with Crippen LogP contribution in [0.15, 0.2) is 49.1 Å². The Balaban J connectivity index is 2.16. The number of unbranched alkanes of at least 4 members (excludes halogenated alkanes) is 1. The minimum Gasteiger partial charge on any atom is -0.494 e. The fourth-order valence-corrected chi connectivity index (χ4v) is 1.95. The molecular weight excluding hydrogens is 264 g/mol. The second kappa shape index (κ2) is 6.03. The van der Waals surface area contributed by atoms with E-state index >= 15 is 0 Å². The molecule has 0 radical (unpaired) electrons. The highest BCUT2D eigenvalue weighted by Gasteiger charge is 2.25. The van der Waals surface area contributed by atoms with Gasteiger partial charge in [-0.2, -0.15) is 0 Å². The van der Waals surface area contributed by atoms with E-state index in [-0.39, 0.29) is 0 Å². The highest BCUT2D eigenvalue weighted by atomic mass is 19.4. The molecule has 0 heterocycles. The normalized spacial score (nSPS) is 11.6. The van der Waals surface area contributed by atoms with E-state index in [0.717, 1.165) is 24.3 Å². The van der Waals surface area contributed by atoms with Gasteiger partial charge in [0.25, 0.3) is 0 Å². The molecule has 5 heteroatoms. The maximum absolute atomic E-state index is 12.7. The van der Waals surface area contributed by atoms with Crippen molar-refractivity contribution in [3.05, 3.63) is 49.1 Å². The summed E-state index contributed by atoms with van der Waals surface area (Å²) in [5, 5.41) is 1.31. The van der Waals surface area contributed by atoms with E-state index in [0.29, 0.717) is 17.7 Å².